The van der Waals surface area contributed by atoms with Crippen LogP contribution in [0.3, 0.4) is 0 Å². The van der Waals surface area contributed by atoms with Gasteiger partial charge in [0, 0.05) is 77.2 Å². The molecular weight excluding hydrogens is 977 g/mol. The lowest BCUT2D eigenvalue weighted by Crippen LogP contribution is -2.10. The molecule has 80 heavy (non-hydrogen) atoms. The number of nitrogens with zero attached hydrogens (tertiary/aromatic N) is 4. The van der Waals surface area contributed by atoms with Crippen molar-refractivity contribution in [3.8, 4) is 11.4 Å². The molecule has 0 unspecified atom stereocenters. The zero-order valence-corrected chi connectivity index (χ0v) is 43.2. The van der Waals surface area contributed by atoms with E-state index in [2.05, 4.69) is 298 Å². The summed E-state index contributed by atoms with van der Waals surface area (Å²) in [6.07, 6.45) is 0. The molecule has 0 spiro atoms. The zero-order chi connectivity index (χ0) is 52.4. The van der Waals surface area contributed by atoms with E-state index in [0.717, 1.165) is 122 Å². The van der Waals surface area contributed by atoms with E-state index in [-0.39, 0.29) is 0 Å². The summed E-state index contributed by atoms with van der Waals surface area (Å²) in [6.45, 7) is 0. The van der Waals surface area contributed by atoms with Gasteiger partial charge in [-0.2, -0.15) is 0 Å². The topological polar surface area (TPSA) is 42.6 Å². The van der Waals surface area contributed by atoms with Crippen LogP contribution in [0.5, 0.6) is 0 Å². The highest BCUT2D eigenvalue weighted by molar-refractivity contribution is 6.28. The van der Waals surface area contributed by atoms with Crippen LogP contribution in [0.4, 0.5) is 34.1 Å². The minimum Gasteiger partial charge on any atom is -0.456 e. The summed E-state index contributed by atoms with van der Waals surface area (Å²) in [5.41, 5.74) is 16.7. The number of benzene rings is 13. The Balaban J connectivity index is 0.800. The average Bonchev–Trinajstić information content (AvgIpc) is 4.29. The van der Waals surface area contributed by atoms with Crippen molar-refractivity contribution in [2.24, 2.45) is 0 Å². The van der Waals surface area contributed by atoms with E-state index in [1.807, 2.05) is 0 Å². The van der Waals surface area contributed by atoms with E-state index in [1.165, 1.54) is 32.6 Å². The molecule has 0 atom stereocenters. The summed E-state index contributed by atoms with van der Waals surface area (Å²) in [5.74, 6) is 0. The Bertz CT molecular complexity index is 4970. The van der Waals surface area contributed by atoms with Gasteiger partial charge in [0.15, 0.2) is 0 Å². The molecule has 6 heteroatoms. The van der Waals surface area contributed by atoms with E-state index < -0.39 is 0 Å². The molecule has 0 saturated heterocycles. The quantitative estimate of drug-likeness (QED) is 0.152. The largest absolute Gasteiger partial charge is 0.456 e. The minimum atomic E-state index is 0.829. The molecule has 13 aromatic carbocycles. The predicted molar refractivity (Wildman–Crippen MR) is 334 cm³/mol. The number of rotatable bonds is 8. The summed E-state index contributed by atoms with van der Waals surface area (Å²) in [7, 11) is 0. The van der Waals surface area contributed by atoms with Crippen molar-refractivity contribution in [2.45, 2.75) is 0 Å². The second-order valence-corrected chi connectivity index (χ2v) is 20.8. The molecule has 0 aliphatic carbocycles. The van der Waals surface area contributed by atoms with Gasteiger partial charge < -0.3 is 27.8 Å². The molecule has 0 aliphatic heterocycles. The highest BCUT2D eigenvalue weighted by Gasteiger charge is 2.25. The molecular formula is C74H46N4O2. The predicted octanol–water partition coefficient (Wildman–Crippen LogP) is 20.9. The Morgan fingerprint density at radius 1 is 0.237 bits per heavy atom. The summed E-state index contributed by atoms with van der Waals surface area (Å²) in [5, 5.41) is 13.5. The van der Waals surface area contributed by atoms with E-state index >= 15 is 0 Å². The first-order chi connectivity index (χ1) is 39.7. The zero-order valence-electron chi connectivity index (χ0n) is 43.2. The normalized spacial score (nSPS) is 12.0. The number of para-hydroxylation sites is 6. The van der Waals surface area contributed by atoms with Gasteiger partial charge in [-0.15, -0.1) is 0 Å². The smallest absolute Gasteiger partial charge is 0.136 e. The monoisotopic (exact) mass is 1020 g/mol. The van der Waals surface area contributed by atoms with Crippen molar-refractivity contribution < 1.29 is 8.83 Å². The van der Waals surface area contributed by atoms with Gasteiger partial charge in [0.25, 0.3) is 0 Å². The van der Waals surface area contributed by atoms with Gasteiger partial charge in [0.1, 0.15) is 22.3 Å². The fraction of sp³-hybridized carbons (Fsp3) is 0. The van der Waals surface area contributed by atoms with Crippen molar-refractivity contribution >= 4 is 143 Å². The van der Waals surface area contributed by atoms with Crippen molar-refractivity contribution in [1.29, 1.82) is 0 Å². The van der Waals surface area contributed by atoms with Crippen molar-refractivity contribution in [1.82, 2.24) is 9.13 Å². The van der Waals surface area contributed by atoms with Crippen molar-refractivity contribution in [3.05, 3.63) is 279 Å². The van der Waals surface area contributed by atoms with Crippen LogP contribution in [0.1, 0.15) is 0 Å². The van der Waals surface area contributed by atoms with Gasteiger partial charge >= 0.3 is 0 Å². The van der Waals surface area contributed by atoms with Gasteiger partial charge in [-0.1, -0.05) is 133 Å². The Kier molecular flexibility index (Phi) is 9.61. The second kappa shape index (κ2) is 17.3. The average molecular weight is 1020 g/mol. The Morgan fingerprint density at radius 2 is 0.625 bits per heavy atom. The molecule has 0 fully saturated rings. The van der Waals surface area contributed by atoms with Gasteiger partial charge in [0.05, 0.1) is 33.4 Å². The Labute approximate surface area is 459 Å². The maximum absolute atomic E-state index is 6.84. The highest BCUT2D eigenvalue weighted by Crippen LogP contribution is 2.48. The molecule has 0 amide bonds. The third-order valence-electron chi connectivity index (χ3n) is 16.4. The van der Waals surface area contributed by atoms with Gasteiger partial charge in [-0.25, -0.2) is 0 Å². The van der Waals surface area contributed by atoms with E-state index in [4.69, 9.17) is 8.83 Å². The molecule has 0 aliphatic rings. The fourth-order valence-electron chi connectivity index (χ4n) is 13.0. The Hall–Kier alpha value is -10.8. The van der Waals surface area contributed by atoms with Crippen LogP contribution in [0.15, 0.2) is 288 Å². The Morgan fingerprint density at radius 3 is 1.06 bits per heavy atom. The molecule has 6 nitrogen and oxygen atoms in total. The maximum Gasteiger partial charge on any atom is 0.136 e. The summed E-state index contributed by atoms with van der Waals surface area (Å²) in [4.78, 5) is 4.79. The van der Waals surface area contributed by atoms with Crippen LogP contribution in [0, 0.1) is 0 Å². The summed E-state index contributed by atoms with van der Waals surface area (Å²) in [6, 6.07) is 100. The maximum atomic E-state index is 6.84. The lowest BCUT2D eigenvalue weighted by Gasteiger charge is -2.27. The summed E-state index contributed by atoms with van der Waals surface area (Å²) >= 11 is 0. The van der Waals surface area contributed by atoms with Crippen LogP contribution >= 0.6 is 0 Å². The first-order valence-corrected chi connectivity index (χ1v) is 27.2. The molecule has 17 aromatic rings. The van der Waals surface area contributed by atoms with Crippen molar-refractivity contribution in [3.63, 3.8) is 0 Å². The lowest BCUT2D eigenvalue weighted by atomic mass is 10.00. The van der Waals surface area contributed by atoms with E-state index in [9.17, 15) is 0 Å². The molecule has 374 valence electrons. The SMILES string of the molecule is c1ccc(N(c2ccc3cc4c(cc3c2)oc2ccc3oc5cc6cc(N(c7ccccc7)c7cccc8c7c7ccccc7n8-c7ccccc7)ccc6cc5c3c24)c2cccc3c2c2ccccc2n3-c2ccccc2)cc1. The molecule has 0 bridgehead atoms. The highest BCUT2D eigenvalue weighted by atomic mass is 16.3. The van der Waals surface area contributed by atoms with Crippen LogP contribution in [0.25, 0.3) is 120 Å². The lowest BCUT2D eigenvalue weighted by molar-refractivity contribution is 0.663. The van der Waals surface area contributed by atoms with Crippen LogP contribution < -0.4 is 9.80 Å². The third-order valence-corrected chi connectivity index (χ3v) is 16.4. The van der Waals surface area contributed by atoms with Gasteiger partial charge in [-0.3, -0.25) is 0 Å². The van der Waals surface area contributed by atoms with Crippen LogP contribution in [-0.4, -0.2) is 9.13 Å². The molecule has 0 radical (unpaired) electrons. The third kappa shape index (κ3) is 6.66. The van der Waals surface area contributed by atoms with Gasteiger partial charge in [0.2, 0.25) is 0 Å². The molecule has 4 aromatic heterocycles. The number of hydrogen-bond donors (Lipinski definition) is 0. The van der Waals surface area contributed by atoms with Crippen LogP contribution in [0.2, 0.25) is 0 Å². The minimum absolute atomic E-state index is 0.829. The molecule has 0 N–H and O–H groups in total. The number of anilines is 6. The number of aromatic nitrogens is 2. The molecule has 17 rings (SSSR count). The van der Waals surface area contributed by atoms with E-state index in [1.54, 1.807) is 0 Å². The van der Waals surface area contributed by atoms with Gasteiger partial charge in [-0.05, 0) is 167 Å². The fourth-order valence-corrected chi connectivity index (χ4v) is 13.0. The van der Waals surface area contributed by atoms with E-state index in [0.29, 0.717) is 0 Å². The first kappa shape index (κ1) is 44.3. The first-order valence-electron chi connectivity index (χ1n) is 27.2. The summed E-state index contributed by atoms with van der Waals surface area (Å²) < 4.78 is 18.4. The number of hydrogen-bond acceptors (Lipinski definition) is 4. The standard InChI is InChI=1S/C74H46N4O2/c1-5-19-51(20-6-1)75(63-31-17-33-65-71(63)57-27-13-15-29-61(57)77(65)53-23-9-3-10-24-53)55-37-35-47-43-59-69(45-49(47)41-55)79-67-39-40-68-74(73(59)67)60-44-48-36-38-56(42-50(48)46-70(60)80-68)76(52-21-7-2-8-22-52)64-32-18-34-66-72(64)58-28-14-16-30-62(58)78(66)54-25-11-4-12-26-54/h1-46H. The molecule has 0 saturated carbocycles. The number of fused-ring (bicyclic) bond motifs is 15. The van der Waals surface area contributed by atoms with Crippen LogP contribution in [-0.2, 0) is 0 Å². The van der Waals surface area contributed by atoms with Crippen molar-refractivity contribution in [2.75, 3.05) is 9.80 Å². The molecule has 4 heterocycles. The number of furan rings is 2. The second-order valence-electron chi connectivity index (χ2n) is 20.8.